The van der Waals surface area contributed by atoms with Crippen LogP contribution in [0.3, 0.4) is 0 Å². The first-order chi connectivity index (χ1) is 7.63. The Morgan fingerprint density at radius 2 is 2.12 bits per heavy atom. The summed E-state index contributed by atoms with van der Waals surface area (Å²) in [5, 5.41) is 6.42. The SMILES string of the molecule is CCC[C@H](C)NC(=S)Nc1ccccc1F. The van der Waals surface area contributed by atoms with Crippen molar-refractivity contribution in [3.8, 4) is 0 Å². The highest BCUT2D eigenvalue weighted by Gasteiger charge is 2.05. The van der Waals surface area contributed by atoms with Crippen LogP contribution in [-0.2, 0) is 0 Å². The molecule has 16 heavy (non-hydrogen) atoms. The molecule has 0 aliphatic rings. The summed E-state index contributed by atoms with van der Waals surface area (Å²) in [5.41, 5.74) is 0.406. The third-order valence-corrected chi connectivity index (χ3v) is 2.44. The summed E-state index contributed by atoms with van der Waals surface area (Å²) in [6.07, 6.45) is 2.13. The molecule has 0 unspecified atom stereocenters. The van der Waals surface area contributed by atoms with Crippen LogP contribution in [0, 0.1) is 5.82 Å². The fraction of sp³-hybridized carbons (Fsp3) is 0.417. The maximum atomic E-state index is 13.3. The number of para-hydroxylation sites is 1. The number of hydrogen-bond donors (Lipinski definition) is 2. The van der Waals surface area contributed by atoms with Gasteiger partial charge in [0.1, 0.15) is 5.82 Å². The Balaban J connectivity index is 2.49. The molecule has 0 spiro atoms. The molecule has 1 rings (SSSR count). The minimum atomic E-state index is -0.296. The first kappa shape index (κ1) is 12.9. The summed E-state index contributed by atoms with van der Waals surface area (Å²) in [4.78, 5) is 0. The van der Waals surface area contributed by atoms with Gasteiger partial charge in [-0.3, -0.25) is 0 Å². The number of thiocarbonyl (C=S) groups is 1. The van der Waals surface area contributed by atoms with E-state index in [2.05, 4.69) is 24.5 Å². The van der Waals surface area contributed by atoms with Gasteiger partial charge in [0, 0.05) is 6.04 Å². The third kappa shape index (κ3) is 4.14. The Bertz CT molecular complexity index is 355. The average molecular weight is 240 g/mol. The van der Waals surface area contributed by atoms with E-state index in [4.69, 9.17) is 12.2 Å². The molecule has 1 aromatic rings. The summed E-state index contributed by atoms with van der Waals surface area (Å²) < 4.78 is 13.3. The molecular weight excluding hydrogens is 223 g/mol. The van der Waals surface area contributed by atoms with E-state index in [9.17, 15) is 4.39 Å². The number of benzene rings is 1. The van der Waals surface area contributed by atoms with Gasteiger partial charge in [-0.15, -0.1) is 0 Å². The molecule has 0 aromatic heterocycles. The van der Waals surface area contributed by atoms with Crippen molar-refractivity contribution in [1.29, 1.82) is 0 Å². The Morgan fingerprint density at radius 1 is 1.44 bits per heavy atom. The predicted molar refractivity (Wildman–Crippen MR) is 70.1 cm³/mol. The van der Waals surface area contributed by atoms with Crippen LogP contribution in [0.2, 0.25) is 0 Å². The van der Waals surface area contributed by atoms with Gasteiger partial charge in [-0.2, -0.15) is 0 Å². The van der Waals surface area contributed by atoms with Crippen molar-refractivity contribution in [2.75, 3.05) is 5.32 Å². The Morgan fingerprint density at radius 3 is 2.75 bits per heavy atom. The van der Waals surface area contributed by atoms with E-state index in [1.165, 1.54) is 6.07 Å². The molecule has 0 aliphatic carbocycles. The molecule has 2 N–H and O–H groups in total. The van der Waals surface area contributed by atoms with Crippen molar-refractivity contribution in [2.24, 2.45) is 0 Å². The minimum Gasteiger partial charge on any atom is -0.360 e. The topological polar surface area (TPSA) is 24.1 Å². The van der Waals surface area contributed by atoms with Gasteiger partial charge in [-0.25, -0.2) is 4.39 Å². The normalized spacial score (nSPS) is 11.9. The van der Waals surface area contributed by atoms with Crippen LogP contribution in [0.5, 0.6) is 0 Å². The summed E-state index contributed by atoms with van der Waals surface area (Å²) in [7, 11) is 0. The molecule has 0 fully saturated rings. The van der Waals surface area contributed by atoms with Crippen molar-refractivity contribution >= 4 is 23.0 Å². The number of hydrogen-bond acceptors (Lipinski definition) is 1. The molecule has 88 valence electrons. The molecule has 0 saturated heterocycles. The van der Waals surface area contributed by atoms with E-state index in [0.717, 1.165) is 12.8 Å². The van der Waals surface area contributed by atoms with Crippen molar-refractivity contribution in [1.82, 2.24) is 5.32 Å². The molecule has 0 saturated carbocycles. The first-order valence-corrected chi connectivity index (χ1v) is 5.86. The van der Waals surface area contributed by atoms with Gasteiger partial charge in [0.05, 0.1) is 5.69 Å². The predicted octanol–water partition coefficient (Wildman–Crippen LogP) is 3.30. The van der Waals surface area contributed by atoms with Gasteiger partial charge in [0.2, 0.25) is 0 Å². The fourth-order valence-corrected chi connectivity index (χ4v) is 1.76. The standard InChI is InChI=1S/C12H17FN2S/c1-3-6-9(2)14-12(16)15-11-8-5-4-7-10(11)13/h4-5,7-9H,3,6H2,1-2H3,(H2,14,15,16)/t9-/m0/s1. The van der Waals surface area contributed by atoms with Crippen molar-refractivity contribution in [3.05, 3.63) is 30.1 Å². The number of rotatable bonds is 4. The fourth-order valence-electron chi connectivity index (χ4n) is 1.45. The highest BCUT2D eigenvalue weighted by atomic mass is 32.1. The maximum absolute atomic E-state index is 13.3. The maximum Gasteiger partial charge on any atom is 0.171 e. The molecule has 0 amide bonds. The molecule has 1 aromatic carbocycles. The Hall–Kier alpha value is -1.16. The first-order valence-electron chi connectivity index (χ1n) is 5.45. The lowest BCUT2D eigenvalue weighted by Crippen LogP contribution is -2.35. The number of anilines is 1. The molecule has 2 nitrogen and oxygen atoms in total. The van der Waals surface area contributed by atoms with Gasteiger partial charge in [0.25, 0.3) is 0 Å². The van der Waals surface area contributed by atoms with Crippen LogP contribution in [-0.4, -0.2) is 11.2 Å². The van der Waals surface area contributed by atoms with Crippen LogP contribution < -0.4 is 10.6 Å². The van der Waals surface area contributed by atoms with E-state index < -0.39 is 0 Å². The molecule has 0 aliphatic heterocycles. The molecule has 0 heterocycles. The third-order valence-electron chi connectivity index (χ3n) is 2.22. The Labute approximate surface area is 101 Å². The number of halogens is 1. The van der Waals surface area contributed by atoms with E-state index in [1.54, 1.807) is 18.2 Å². The zero-order valence-corrected chi connectivity index (χ0v) is 10.4. The highest BCUT2D eigenvalue weighted by Crippen LogP contribution is 2.12. The van der Waals surface area contributed by atoms with Crippen LogP contribution in [0.4, 0.5) is 10.1 Å². The molecular formula is C12H17FN2S. The van der Waals surface area contributed by atoms with E-state index in [0.29, 0.717) is 16.8 Å². The quantitative estimate of drug-likeness (QED) is 0.790. The second kappa shape index (κ2) is 6.43. The summed E-state index contributed by atoms with van der Waals surface area (Å²) in [6.45, 7) is 4.17. The lowest BCUT2D eigenvalue weighted by molar-refractivity contribution is 0.598. The highest BCUT2D eigenvalue weighted by molar-refractivity contribution is 7.80. The number of nitrogens with one attached hydrogen (secondary N) is 2. The minimum absolute atomic E-state index is 0.296. The Kier molecular flexibility index (Phi) is 5.19. The zero-order valence-electron chi connectivity index (χ0n) is 9.59. The van der Waals surface area contributed by atoms with E-state index in [1.807, 2.05) is 0 Å². The van der Waals surface area contributed by atoms with Gasteiger partial charge in [0.15, 0.2) is 5.11 Å². The monoisotopic (exact) mass is 240 g/mol. The molecule has 0 bridgehead atoms. The average Bonchev–Trinajstić information content (AvgIpc) is 2.21. The molecule has 1 atom stereocenters. The van der Waals surface area contributed by atoms with Crippen LogP contribution >= 0.6 is 12.2 Å². The van der Waals surface area contributed by atoms with Gasteiger partial charge in [-0.05, 0) is 37.7 Å². The smallest absolute Gasteiger partial charge is 0.171 e. The van der Waals surface area contributed by atoms with Crippen LogP contribution in [0.15, 0.2) is 24.3 Å². The van der Waals surface area contributed by atoms with Crippen molar-refractivity contribution in [3.63, 3.8) is 0 Å². The zero-order chi connectivity index (χ0) is 12.0. The second-order valence-corrected chi connectivity index (χ2v) is 4.18. The lowest BCUT2D eigenvalue weighted by atomic mass is 10.2. The van der Waals surface area contributed by atoms with Crippen molar-refractivity contribution in [2.45, 2.75) is 32.7 Å². The van der Waals surface area contributed by atoms with Crippen LogP contribution in [0.25, 0.3) is 0 Å². The summed E-state index contributed by atoms with van der Waals surface area (Å²) in [6, 6.07) is 6.78. The summed E-state index contributed by atoms with van der Waals surface area (Å²) in [5.74, 6) is -0.296. The second-order valence-electron chi connectivity index (χ2n) is 3.77. The summed E-state index contributed by atoms with van der Waals surface area (Å²) >= 11 is 5.10. The molecule has 4 heteroatoms. The van der Waals surface area contributed by atoms with Gasteiger partial charge >= 0.3 is 0 Å². The molecule has 0 radical (unpaired) electrons. The van der Waals surface area contributed by atoms with E-state index in [-0.39, 0.29) is 5.82 Å². The van der Waals surface area contributed by atoms with E-state index >= 15 is 0 Å². The van der Waals surface area contributed by atoms with Gasteiger partial charge in [-0.1, -0.05) is 25.5 Å². The lowest BCUT2D eigenvalue weighted by Gasteiger charge is -2.16. The van der Waals surface area contributed by atoms with Gasteiger partial charge < -0.3 is 10.6 Å². The van der Waals surface area contributed by atoms with Crippen LogP contribution in [0.1, 0.15) is 26.7 Å². The van der Waals surface area contributed by atoms with Crippen molar-refractivity contribution < 1.29 is 4.39 Å². The largest absolute Gasteiger partial charge is 0.360 e.